The molecule has 3 atom stereocenters. The number of rotatable bonds is 5. The monoisotopic (exact) mass is 216 g/mol. The highest BCUT2D eigenvalue weighted by atomic mass is 35.5. The smallest absolute Gasteiger partial charge is 0.0471 e. The minimum atomic E-state index is 0.444. The third-order valence-electron chi connectivity index (χ3n) is 4.32. The van der Waals surface area contributed by atoms with E-state index in [1.54, 1.807) is 0 Å². The van der Waals surface area contributed by atoms with Crippen LogP contribution in [0.1, 0.15) is 39.0 Å². The summed E-state index contributed by atoms with van der Waals surface area (Å²) in [5.41, 5.74) is 0.444. The molecule has 2 rings (SSSR count). The highest BCUT2D eigenvalue weighted by Crippen LogP contribution is 2.58. The van der Waals surface area contributed by atoms with Crippen LogP contribution in [-0.4, -0.2) is 19.1 Å². The second kappa shape index (κ2) is 4.40. The van der Waals surface area contributed by atoms with Crippen molar-refractivity contribution >= 4 is 11.6 Å². The van der Waals surface area contributed by atoms with Gasteiger partial charge in [0.2, 0.25) is 0 Å². The van der Waals surface area contributed by atoms with Gasteiger partial charge in [0.25, 0.3) is 0 Å². The lowest BCUT2D eigenvalue weighted by atomic mass is 9.72. The van der Waals surface area contributed by atoms with Crippen LogP contribution >= 0.6 is 11.6 Å². The summed E-state index contributed by atoms with van der Waals surface area (Å²) < 4.78 is 5.47. The number of ether oxygens (including phenoxy) is 1. The van der Waals surface area contributed by atoms with Crippen LogP contribution in [0.3, 0.4) is 0 Å². The van der Waals surface area contributed by atoms with Gasteiger partial charge in [0, 0.05) is 19.1 Å². The number of fused-ring (bicyclic) bond motifs is 2. The summed E-state index contributed by atoms with van der Waals surface area (Å²) in [7, 11) is 0. The zero-order valence-electron chi connectivity index (χ0n) is 9.10. The molecule has 0 aromatic rings. The summed E-state index contributed by atoms with van der Waals surface area (Å²) >= 11 is 6.18. The maximum atomic E-state index is 6.18. The summed E-state index contributed by atoms with van der Waals surface area (Å²) in [4.78, 5) is 0. The predicted octanol–water partition coefficient (Wildman–Crippen LogP) is 3.46. The zero-order chi connectivity index (χ0) is 10.0. The Morgan fingerprint density at radius 1 is 1.43 bits per heavy atom. The Morgan fingerprint density at radius 2 is 2.29 bits per heavy atom. The van der Waals surface area contributed by atoms with Gasteiger partial charge in [-0.25, -0.2) is 0 Å². The van der Waals surface area contributed by atoms with Gasteiger partial charge in [-0.15, -0.1) is 11.6 Å². The van der Waals surface area contributed by atoms with Gasteiger partial charge in [-0.2, -0.15) is 0 Å². The molecule has 0 aliphatic heterocycles. The van der Waals surface area contributed by atoms with Gasteiger partial charge in [-0.05, 0) is 49.9 Å². The van der Waals surface area contributed by atoms with Crippen molar-refractivity contribution in [2.75, 3.05) is 19.1 Å². The molecule has 0 radical (unpaired) electrons. The quantitative estimate of drug-likeness (QED) is 0.505. The number of hydrogen-bond donors (Lipinski definition) is 0. The van der Waals surface area contributed by atoms with Gasteiger partial charge in [0.05, 0.1) is 0 Å². The zero-order valence-corrected chi connectivity index (χ0v) is 9.85. The van der Waals surface area contributed by atoms with E-state index in [4.69, 9.17) is 16.3 Å². The van der Waals surface area contributed by atoms with Crippen molar-refractivity contribution in [2.45, 2.75) is 39.0 Å². The summed E-state index contributed by atoms with van der Waals surface area (Å²) in [5.74, 6) is 2.74. The van der Waals surface area contributed by atoms with E-state index in [2.05, 4.69) is 6.92 Å². The topological polar surface area (TPSA) is 9.23 Å². The van der Waals surface area contributed by atoms with Crippen molar-refractivity contribution in [3.63, 3.8) is 0 Å². The van der Waals surface area contributed by atoms with E-state index < -0.39 is 0 Å². The fraction of sp³-hybridized carbons (Fsp3) is 1.00. The summed E-state index contributed by atoms with van der Waals surface area (Å²) in [6, 6.07) is 0. The minimum Gasteiger partial charge on any atom is -0.382 e. The van der Waals surface area contributed by atoms with Crippen LogP contribution in [0.2, 0.25) is 0 Å². The summed E-state index contributed by atoms with van der Waals surface area (Å²) in [5, 5.41) is 0. The van der Waals surface area contributed by atoms with Crippen molar-refractivity contribution < 1.29 is 4.74 Å². The Hall–Kier alpha value is 0.250. The largest absolute Gasteiger partial charge is 0.382 e. The first kappa shape index (κ1) is 10.8. The maximum absolute atomic E-state index is 6.18. The Balaban J connectivity index is 1.90. The van der Waals surface area contributed by atoms with E-state index in [-0.39, 0.29) is 0 Å². The maximum Gasteiger partial charge on any atom is 0.0471 e. The molecule has 2 aliphatic carbocycles. The Morgan fingerprint density at radius 3 is 2.79 bits per heavy atom. The molecule has 2 fully saturated rings. The van der Waals surface area contributed by atoms with E-state index in [1.165, 1.54) is 32.1 Å². The molecule has 2 aliphatic rings. The standard InChI is InChI=1S/C12H21ClO/c1-2-14-6-5-12(9-13)8-10-3-4-11(12)7-10/h10-11H,2-9H2,1H3. The van der Waals surface area contributed by atoms with Crippen LogP contribution in [0, 0.1) is 17.3 Å². The predicted molar refractivity (Wildman–Crippen MR) is 59.7 cm³/mol. The van der Waals surface area contributed by atoms with Gasteiger partial charge in [-0.1, -0.05) is 6.42 Å². The SMILES string of the molecule is CCOCCC1(CCl)CC2CCC1C2. The van der Waals surface area contributed by atoms with Crippen LogP contribution in [0.15, 0.2) is 0 Å². The molecule has 2 saturated carbocycles. The Bertz CT molecular complexity index is 195. The van der Waals surface area contributed by atoms with Crippen LogP contribution in [0.25, 0.3) is 0 Å². The molecular formula is C12H21ClO. The Labute approximate surface area is 92.2 Å². The first-order valence-electron chi connectivity index (χ1n) is 5.94. The minimum absolute atomic E-state index is 0.444. The van der Waals surface area contributed by atoms with Crippen molar-refractivity contribution in [3.8, 4) is 0 Å². The van der Waals surface area contributed by atoms with Crippen LogP contribution < -0.4 is 0 Å². The average molecular weight is 217 g/mol. The number of hydrogen-bond acceptors (Lipinski definition) is 1. The molecule has 0 aromatic carbocycles. The first-order valence-corrected chi connectivity index (χ1v) is 6.48. The third kappa shape index (κ3) is 1.81. The molecule has 0 saturated heterocycles. The lowest BCUT2D eigenvalue weighted by Gasteiger charge is -2.36. The normalized spacial score (nSPS) is 40.7. The number of halogens is 1. The van der Waals surface area contributed by atoms with E-state index in [0.717, 1.165) is 30.9 Å². The van der Waals surface area contributed by atoms with Crippen LogP contribution in [0.4, 0.5) is 0 Å². The van der Waals surface area contributed by atoms with E-state index in [1.807, 2.05) is 0 Å². The molecule has 3 unspecified atom stereocenters. The lowest BCUT2D eigenvalue weighted by Crippen LogP contribution is -2.31. The molecule has 2 heteroatoms. The molecule has 2 bridgehead atoms. The van der Waals surface area contributed by atoms with Crippen molar-refractivity contribution in [1.82, 2.24) is 0 Å². The third-order valence-corrected chi connectivity index (χ3v) is 4.85. The van der Waals surface area contributed by atoms with Gasteiger partial charge in [0.1, 0.15) is 0 Å². The molecule has 82 valence electrons. The fourth-order valence-electron chi connectivity index (χ4n) is 3.51. The molecule has 1 nitrogen and oxygen atoms in total. The molecule has 0 heterocycles. The highest BCUT2D eigenvalue weighted by Gasteiger charge is 2.49. The molecule has 0 aromatic heterocycles. The van der Waals surface area contributed by atoms with Crippen LogP contribution in [0.5, 0.6) is 0 Å². The number of alkyl halides is 1. The molecular weight excluding hydrogens is 196 g/mol. The van der Waals surface area contributed by atoms with Gasteiger partial charge in [-0.3, -0.25) is 0 Å². The van der Waals surface area contributed by atoms with Crippen LogP contribution in [-0.2, 0) is 4.74 Å². The highest BCUT2D eigenvalue weighted by molar-refractivity contribution is 6.18. The molecule has 0 spiro atoms. The Kier molecular flexibility index (Phi) is 3.38. The van der Waals surface area contributed by atoms with Crippen molar-refractivity contribution in [2.24, 2.45) is 17.3 Å². The lowest BCUT2D eigenvalue weighted by molar-refractivity contribution is 0.0825. The van der Waals surface area contributed by atoms with Crippen molar-refractivity contribution in [1.29, 1.82) is 0 Å². The fourth-order valence-corrected chi connectivity index (χ4v) is 3.98. The van der Waals surface area contributed by atoms with Gasteiger partial charge < -0.3 is 4.74 Å². The summed E-state index contributed by atoms with van der Waals surface area (Å²) in [6.45, 7) is 3.81. The second-order valence-corrected chi connectivity index (χ2v) is 5.29. The second-order valence-electron chi connectivity index (χ2n) is 5.02. The van der Waals surface area contributed by atoms with Gasteiger partial charge in [0.15, 0.2) is 0 Å². The molecule has 0 amide bonds. The van der Waals surface area contributed by atoms with E-state index in [0.29, 0.717) is 5.41 Å². The van der Waals surface area contributed by atoms with Gasteiger partial charge >= 0.3 is 0 Å². The molecule has 0 N–H and O–H groups in total. The average Bonchev–Trinajstić information content (AvgIpc) is 2.78. The molecule has 14 heavy (non-hydrogen) atoms. The van der Waals surface area contributed by atoms with E-state index >= 15 is 0 Å². The first-order chi connectivity index (χ1) is 6.80. The summed E-state index contributed by atoms with van der Waals surface area (Å²) in [6.07, 6.45) is 6.88. The van der Waals surface area contributed by atoms with Crippen molar-refractivity contribution in [3.05, 3.63) is 0 Å². The van der Waals surface area contributed by atoms with E-state index in [9.17, 15) is 0 Å².